The van der Waals surface area contributed by atoms with Gasteiger partial charge in [-0.15, -0.1) is 0 Å². The van der Waals surface area contributed by atoms with Crippen molar-refractivity contribution >= 4 is 27.5 Å². The Bertz CT molecular complexity index is 1070. The highest BCUT2D eigenvalue weighted by Gasteiger charge is 2.31. The van der Waals surface area contributed by atoms with Gasteiger partial charge in [-0.1, -0.05) is 30.3 Å². The summed E-state index contributed by atoms with van der Waals surface area (Å²) in [6, 6.07) is 14.8. The van der Waals surface area contributed by atoms with Crippen molar-refractivity contribution in [2.24, 2.45) is 0 Å². The molecule has 0 aliphatic carbocycles. The van der Waals surface area contributed by atoms with Gasteiger partial charge in [0.15, 0.2) is 0 Å². The number of carbonyl (C=O) groups excluding carboxylic acids is 2. The summed E-state index contributed by atoms with van der Waals surface area (Å²) in [6.07, 6.45) is 1.05. The first-order chi connectivity index (χ1) is 15.3. The normalized spacial score (nSPS) is 12.5. The molecule has 2 aromatic rings. The average molecular weight is 476 g/mol. The first-order valence-corrected chi connectivity index (χ1v) is 12.4. The minimum absolute atomic E-state index is 0.112. The number of hydrogen-bond acceptors (Lipinski definition) is 5. The number of amides is 2. The van der Waals surface area contributed by atoms with E-state index >= 15 is 0 Å². The van der Waals surface area contributed by atoms with Crippen molar-refractivity contribution in [3.63, 3.8) is 0 Å². The molecule has 9 heteroatoms. The summed E-state index contributed by atoms with van der Waals surface area (Å²) < 4.78 is 31.3. The summed E-state index contributed by atoms with van der Waals surface area (Å²) in [5, 5.41) is 2.89. The van der Waals surface area contributed by atoms with Crippen LogP contribution in [0, 0.1) is 0 Å². The first kappa shape index (κ1) is 26.2. The molecule has 0 unspecified atom stereocenters. The molecule has 0 aliphatic heterocycles. The Morgan fingerprint density at radius 2 is 1.70 bits per heavy atom. The van der Waals surface area contributed by atoms with E-state index in [4.69, 9.17) is 4.74 Å². The zero-order chi connectivity index (χ0) is 24.8. The second kappa shape index (κ2) is 10.7. The third kappa shape index (κ3) is 7.78. The molecule has 33 heavy (non-hydrogen) atoms. The Balaban J connectivity index is 2.39. The fraction of sp³-hybridized carbons (Fsp3) is 0.417. The van der Waals surface area contributed by atoms with Crippen LogP contribution in [0.25, 0.3) is 0 Å². The average Bonchev–Trinajstić information content (AvgIpc) is 2.74. The highest BCUT2D eigenvalue weighted by Crippen LogP contribution is 2.20. The summed E-state index contributed by atoms with van der Waals surface area (Å²) in [5.74, 6) is -0.207. The van der Waals surface area contributed by atoms with Crippen molar-refractivity contribution < 1.29 is 22.7 Å². The number of anilines is 1. The second-order valence-electron chi connectivity index (χ2n) is 8.89. The van der Waals surface area contributed by atoms with Crippen molar-refractivity contribution in [1.29, 1.82) is 0 Å². The van der Waals surface area contributed by atoms with Gasteiger partial charge in [-0.05, 0) is 57.5 Å². The van der Waals surface area contributed by atoms with E-state index < -0.39 is 34.1 Å². The number of benzene rings is 2. The molecule has 1 atom stereocenters. The lowest BCUT2D eigenvalue weighted by molar-refractivity contribution is -0.140. The molecule has 0 saturated carbocycles. The maximum Gasteiger partial charge on any atom is 0.244 e. The Morgan fingerprint density at radius 3 is 2.24 bits per heavy atom. The van der Waals surface area contributed by atoms with Gasteiger partial charge in [0.25, 0.3) is 0 Å². The van der Waals surface area contributed by atoms with Gasteiger partial charge in [0.1, 0.15) is 18.3 Å². The molecule has 180 valence electrons. The predicted octanol–water partition coefficient (Wildman–Crippen LogP) is 2.79. The van der Waals surface area contributed by atoms with Gasteiger partial charge in [0.05, 0.1) is 19.1 Å². The van der Waals surface area contributed by atoms with Crippen molar-refractivity contribution in [3.05, 3.63) is 60.2 Å². The number of sulfonamides is 1. The standard InChI is InChI=1S/C24H33N3O5S/c1-18(23(29)25-24(2,3)4)26(16-19-11-10-14-21(15-19)32-5)22(28)17-27(33(6,30)31)20-12-8-7-9-13-20/h7-15,18H,16-17H2,1-6H3,(H,25,29)/t18-/m0/s1. The quantitative estimate of drug-likeness (QED) is 0.602. The van der Waals surface area contributed by atoms with Crippen molar-refractivity contribution in [1.82, 2.24) is 10.2 Å². The van der Waals surface area contributed by atoms with Crippen LogP contribution in [0.3, 0.4) is 0 Å². The van der Waals surface area contributed by atoms with Crippen molar-refractivity contribution in [3.8, 4) is 5.75 Å². The number of nitrogens with one attached hydrogen (secondary N) is 1. The summed E-state index contributed by atoms with van der Waals surface area (Å²) in [5.41, 5.74) is 0.643. The van der Waals surface area contributed by atoms with Gasteiger partial charge in [-0.3, -0.25) is 13.9 Å². The van der Waals surface area contributed by atoms with Gasteiger partial charge in [0.2, 0.25) is 21.8 Å². The molecular weight excluding hydrogens is 442 g/mol. The van der Waals surface area contributed by atoms with Crippen LogP contribution in [-0.4, -0.2) is 56.6 Å². The van der Waals surface area contributed by atoms with Crippen LogP contribution in [0.5, 0.6) is 5.75 Å². The monoisotopic (exact) mass is 475 g/mol. The van der Waals surface area contributed by atoms with Crippen molar-refractivity contribution in [2.45, 2.75) is 45.8 Å². The molecule has 0 aromatic heterocycles. The Kier molecular flexibility index (Phi) is 8.49. The minimum Gasteiger partial charge on any atom is -0.497 e. The number of ether oxygens (including phenoxy) is 1. The Morgan fingerprint density at radius 1 is 1.06 bits per heavy atom. The van der Waals surface area contributed by atoms with E-state index in [-0.39, 0.29) is 12.5 Å². The molecule has 0 bridgehead atoms. The fourth-order valence-corrected chi connectivity index (χ4v) is 4.08. The highest BCUT2D eigenvalue weighted by atomic mass is 32.2. The summed E-state index contributed by atoms with van der Waals surface area (Å²) in [4.78, 5) is 27.7. The lowest BCUT2D eigenvalue weighted by Crippen LogP contribution is -2.54. The van der Waals surface area contributed by atoms with E-state index in [1.807, 2.05) is 26.8 Å². The number of hydrogen-bond donors (Lipinski definition) is 1. The molecule has 0 aliphatic rings. The number of carbonyl (C=O) groups is 2. The van der Waals surface area contributed by atoms with E-state index in [1.54, 1.807) is 62.6 Å². The third-order valence-corrected chi connectivity index (χ3v) is 6.02. The van der Waals surface area contributed by atoms with Gasteiger partial charge < -0.3 is 15.0 Å². The summed E-state index contributed by atoms with van der Waals surface area (Å²) in [7, 11) is -2.19. The number of para-hydroxylation sites is 1. The molecule has 0 fully saturated rings. The van der Waals surface area contributed by atoms with E-state index in [0.29, 0.717) is 11.4 Å². The van der Waals surface area contributed by atoms with Gasteiger partial charge in [0, 0.05) is 12.1 Å². The van der Waals surface area contributed by atoms with Gasteiger partial charge in [-0.25, -0.2) is 8.42 Å². The molecule has 2 rings (SSSR count). The third-order valence-electron chi connectivity index (χ3n) is 4.88. The Labute approximate surface area is 196 Å². The largest absolute Gasteiger partial charge is 0.497 e. The molecular formula is C24H33N3O5S. The second-order valence-corrected chi connectivity index (χ2v) is 10.8. The molecule has 2 aromatic carbocycles. The maximum absolute atomic E-state index is 13.5. The van der Waals surface area contributed by atoms with E-state index in [1.165, 1.54) is 4.90 Å². The minimum atomic E-state index is -3.74. The molecule has 0 heterocycles. The first-order valence-electron chi connectivity index (χ1n) is 10.6. The van der Waals surface area contributed by atoms with E-state index in [9.17, 15) is 18.0 Å². The molecule has 2 amide bonds. The molecule has 0 radical (unpaired) electrons. The van der Waals surface area contributed by atoms with Crippen LogP contribution < -0.4 is 14.4 Å². The number of methoxy groups -OCH3 is 1. The maximum atomic E-state index is 13.5. The molecule has 0 saturated heterocycles. The van der Waals surface area contributed by atoms with Gasteiger partial charge in [-0.2, -0.15) is 0 Å². The number of nitrogens with zero attached hydrogens (tertiary/aromatic N) is 2. The summed E-state index contributed by atoms with van der Waals surface area (Å²) in [6.45, 7) is 6.87. The van der Waals surface area contributed by atoms with Crippen LogP contribution >= 0.6 is 0 Å². The number of rotatable bonds is 9. The van der Waals surface area contributed by atoms with Crippen LogP contribution in [0.4, 0.5) is 5.69 Å². The lowest BCUT2D eigenvalue weighted by atomic mass is 10.1. The van der Waals surface area contributed by atoms with Crippen molar-refractivity contribution in [2.75, 3.05) is 24.2 Å². The topological polar surface area (TPSA) is 96.0 Å². The predicted molar refractivity (Wildman–Crippen MR) is 130 cm³/mol. The zero-order valence-electron chi connectivity index (χ0n) is 20.0. The van der Waals surface area contributed by atoms with Gasteiger partial charge >= 0.3 is 0 Å². The van der Waals surface area contributed by atoms with Crippen LogP contribution in [0.2, 0.25) is 0 Å². The van der Waals surface area contributed by atoms with E-state index in [0.717, 1.165) is 16.1 Å². The lowest BCUT2D eigenvalue weighted by Gasteiger charge is -2.33. The van der Waals surface area contributed by atoms with Crippen LogP contribution in [0.15, 0.2) is 54.6 Å². The zero-order valence-corrected chi connectivity index (χ0v) is 20.8. The SMILES string of the molecule is COc1cccc(CN(C(=O)CN(c2ccccc2)S(C)(=O)=O)[C@@H](C)C(=O)NC(C)(C)C)c1. The van der Waals surface area contributed by atoms with E-state index in [2.05, 4.69) is 5.32 Å². The van der Waals surface area contributed by atoms with Crippen LogP contribution in [0.1, 0.15) is 33.3 Å². The fourth-order valence-electron chi connectivity index (χ4n) is 3.23. The smallest absolute Gasteiger partial charge is 0.244 e. The molecule has 8 nitrogen and oxygen atoms in total. The molecule has 1 N–H and O–H groups in total. The van der Waals surface area contributed by atoms with Crippen LogP contribution in [-0.2, 0) is 26.2 Å². The highest BCUT2D eigenvalue weighted by molar-refractivity contribution is 7.92. The molecule has 0 spiro atoms. The summed E-state index contributed by atoms with van der Waals surface area (Å²) >= 11 is 0. The Hall–Kier alpha value is -3.07.